The molecule has 0 saturated heterocycles. The van der Waals surface area contributed by atoms with Crippen molar-refractivity contribution in [3.63, 3.8) is 0 Å². The Morgan fingerprint density at radius 1 is 1.32 bits per heavy atom. The monoisotopic (exact) mass is 277 g/mol. The molecular weight excluding hydrogens is 262 g/mol. The first-order valence-corrected chi connectivity index (χ1v) is 6.72. The van der Waals surface area contributed by atoms with E-state index in [9.17, 15) is 4.79 Å². The van der Waals surface area contributed by atoms with E-state index in [-0.39, 0.29) is 6.03 Å². The van der Waals surface area contributed by atoms with Gasteiger partial charge in [0.1, 0.15) is 5.75 Å². The number of aryl methyl sites for hydroxylation is 1. The van der Waals surface area contributed by atoms with Crippen LogP contribution in [0, 0.1) is 6.92 Å². The quantitative estimate of drug-likeness (QED) is 0.899. The van der Waals surface area contributed by atoms with Gasteiger partial charge >= 0.3 is 6.03 Å². The van der Waals surface area contributed by atoms with Crippen LogP contribution in [-0.2, 0) is 0 Å². The van der Waals surface area contributed by atoms with Crippen molar-refractivity contribution in [2.45, 2.75) is 13.8 Å². The van der Waals surface area contributed by atoms with Crippen LogP contribution in [0.3, 0.4) is 0 Å². The van der Waals surface area contributed by atoms with Crippen molar-refractivity contribution in [2.75, 3.05) is 17.2 Å². The number of carbonyl (C=O) groups is 1. The summed E-state index contributed by atoms with van der Waals surface area (Å²) in [5, 5.41) is 5.99. The van der Waals surface area contributed by atoms with E-state index in [1.165, 1.54) is 11.3 Å². The fraction of sp³-hybridized carbons (Fsp3) is 0.231. The second-order valence-corrected chi connectivity index (χ2v) is 5.05. The molecule has 1 aromatic carbocycles. The maximum absolute atomic E-state index is 11.7. The number of aromatic nitrogens is 1. The fourth-order valence-corrected chi connectivity index (χ4v) is 2.13. The van der Waals surface area contributed by atoms with Gasteiger partial charge in [0.2, 0.25) is 0 Å². The van der Waals surface area contributed by atoms with Gasteiger partial charge in [-0.15, -0.1) is 11.3 Å². The summed E-state index contributed by atoms with van der Waals surface area (Å²) in [7, 11) is 0. The van der Waals surface area contributed by atoms with Crippen LogP contribution in [-0.4, -0.2) is 17.6 Å². The Morgan fingerprint density at radius 2 is 2.05 bits per heavy atom. The van der Waals surface area contributed by atoms with Gasteiger partial charge < -0.3 is 10.1 Å². The second kappa shape index (κ2) is 6.19. The zero-order valence-corrected chi connectivity index (χ0v) is 11.6. The van der Waals surface area contributed by atoms with Crippen LogP contribution < -0.4 is 15.4 Å². The summed E-state index contributed by atoms with van der Waals surface area (Å²) in [6, 6.07) is 6.90. The molecule has 0 unspecified atom stereocenters. The van der Waals surface area contributed by atoms with Gasteiger partial charge in [-0.1, -0.05) is 0 Å². The molecule has 0 aliphatic heterocycles. The molecule has 6 heteroatoms. The number of amides is 2. The summed E-state index contributed by atoms with van der Waals surface area (Å²) >= 11 is 1.43. The van der Waals surface area contributed by atoms with E-state index in [4.69, 9.17) is 4.74 Å². The van der Waals surface area contributed by atoms with Gasteiger partial charge in [-0.25, -0.2) is 9.78 Å². The molecule has 100 valence electrons. The minimum atomic E-state index is -0.307. The lowest BCUT2D eigenvalue weighted by Gasteiger charge is -2.07. The number of hydrogen-bond acceptors (Lipinski definition) is 4. The molecule has 0 bridgehead atoms. The summed E-state index contributed by atoms with van der Waals surface area (Å²) in [4.78, 5) is 16.8. The van der Waals surface area contributed by atoms with Crippen LogP contribution >= 0.6 is 11.3 Å². The standard InChI is InChI=1S/C13H15N3O2S/c1-3-18-11-6-4-10(5-7-11)15-12(17)16-13-14-8-9(2)19-13/h4-8H,3H2,1-2H3,(H2,14,15,16,17). The first kappa shape index (κ1) is 13.4. The van der Waals surface area contributed by atoms with Crippen LogP contribution in [0.2, 0.25) is 0 Å². The highest BCUT2D eigenvalue weighted by atomic mass is 32.1. The van der Waals surface area contributed by atoms with E-state index in [0.29, 0.717) is 17.4 Å². The Kier molecular flexibility index (Phi) is 4.35. The highest BCUT2D eigenvalue weighted by Crippen LogP contribution is 2.18. The molecule has 2 aromatic rings. The molecule has 2 amide bonds. The van der Waals surface area contributed by atoms with Crippen LogP contribution in [0.4, 0.5) is 15.6 Å². The number of benzene rings is 1. The van der Waals surface area contributed by atoms with Gasteiger partial charge in [0.05, 0.1) is 6.61 Å². The number of rotatable bonds is 4. The van der Waals surface area contributed by atoms with E-state index < -0.39 is 0 Å². The molecule has 0 radical (unpaired) electrons. The van der Waals surface area contributed by atoms with Gasteiger partial charge in [0.15, 0.2) is 5.13 Å². The Morgan fingerprint density at radius 3 is 2.63 bits per heavy atom. The molecule has 0 saturated carbocycles. The Bertz CT molecular complexity index is 551. The van der Waals surface area contributed by atoms with Crippen LogP contribution in [0.1, 0.15) is 11.8 Å². The highest BCUT2D eigenvalue weighted by Gasteiger charge is 2.05. The zero-order chi connectivity index (χ0) is 13.7. The molecular formula is C13H15N3O2S. The topological polar surface area (TPSA) is 63.2 Å². The number of ether oxygens (including phenoxy) is 1. The predicted octanol–water partition coefficient (Wildman–Crippen LogP) is 3.49. The van der Waals surface area contributed by atoms with Crippen molar-refractivity contribution in [1.82, 2.24) is 4.98 Å². The van der Waals surface area contributed by atoms with Crippen molar-refractivity contribution in [1.29, 1.82) is 0 Å². The van der Waals surface area contributed by atoms with E-state index in [2.05, 4.69) is 15.6 Å². The van der Waals surface area contributed by atoms with E-state index in [0.717, 1.165) is 10.6 Å². The highest BCUT2D eigenvalue weighted by molar-refractivity contribution is 7.15. The minimum Gasteiger partial charge on any atom is -0.494 e. The number of urea groups is 1. The molecule has 0 spiro atoms. The number of carbonyl (C=O) groups excluding carboxylic acids is 1. The summed E-state index contributed by atoms with van der Waals surface area (Å²) < 4.78 is 5.33. The fourth-order valence-electron chi connectivity index (χ4n) is 1.47. The lowest BCUT2D eigenvalue weighted by atomic mass is 10.3. The lowest BCUT2D eigenvalue weighted by molar-refractivity contribution is 0.262. The smallest absolute Gasteiger partial charge is 0.325 e. The maximum Gasteiger partial charge on any atom is 0.325 e. The number of nitrogens with zero attached hydrogens (tertiary/aromatic N) is 1. The molecule has 1 heterocycles. The molecule has 1 aromatic heterocycles. The summed E-state index contributed by atoms with van der Waals surface area (Å²) in [6.07, 6.45) is 1.72. The Hall–Kier alpha value is -2.08. The molecule has 0 aliphatic carbocycles. The van der Waals surface area contributed by atoms with Gasteiger partial charge in [-0.05, 0) is 38.1 Å². The average Bonchev–Trinajstić information content (AvgIpc) is 2.77. The summed E-state index contributed by atoms with van der Waals surface area (Å²) in [5.74, 6) is 0.781. The first-order valence-electron chi connectivity index (χ1n) is 5.90. The third-order valence-corrected chi connectivity index (χ3v) is 3.09. The predicted molar refractivity (Wildman–Crippen MR) is 77.1 cm³/mol. The first-order chi connectivity index (χ1) is 9.17. The van der Waals surface area contributed by atoms with E-state index >= 15 is 0 Å². The lowest BCUT2D eigenvalue weighted by Crippen LogP contribution is -2.19. The van der Waals surface area contributed by atoms with Gasteiger partial charge in [-0.2, -0.15) is 0 Å². The van der Waals surface area contributed by atoms with Gasteiger partial charge in [0.25, 0.3) is 0 Å². The molecule has 5 nitrogen and oxygen atoms in total. The van der Waals surface area contributed by atoms with Crippen molar-refractivity contribution >= 4 is 28.2 Å². The second-order valence-electron chi connectivity index (χ2n) is 3.81. The number of thiazole rings is 1. The molecule has 0 aliphatic rings. The third-order valence-electron chi connectivity index (χ3n) is 2.26. The van der Waals surface area contributed by atoms with Crippen LogP contribution in [0.25, 0.3) is 0 Å². The Balaban J connectivity index is 1.91. The summed E-state index contributed by atoms with van der Waals surface area (Å²) in [6.45, 7) is 4.49. The van der Waals surface area contributed by atoms with Crippen molar-refractivity contribution in [3.05, 3.63) is 35.3 Å². The van der Waals surface area contributed by atoms with Crippen LogP contribution in [0.5, 0.6) is 5.75 Å². The zero-order valence-electron chi connectivity index (χ0n) is 10.8. The maximum atomic E-state index is 11.7. The largest absolute Gasteiger partial charge is 0.494 e. The van der Waals surface area contributed by atoms with Crippen LogP contribution in [0.15, 0.2) is 30.5 Å². The van der Waals surface area contributed by atoms with E-state index in [1.807, 2.05) is 26.0 Å². The molecule has 2 N–H and O–H groups in total. The summed E-state index contributed by atoms with van der Waals surface area (Å²) in [5.41, 5.74) is 0.703. The third kappa shape index (κ3) is 3.96. The normalized spacial score (nSPS) is 10.0. The molecule has 2 rings (SSSR count). The van der Waals surface area contributed by atoms with Crippen molar-refractivity contribution in [2.24, 2.45) is 0 Å². The number of anilines is 2. The number of nitrogens with one attached hydrogen (secondary N) is 2. The van der Waals surface area contributed by atoms with Gasteiger partial charge in [0, 0.05) is 16.8 Å². The SMILES string of the molecule is CCOc1ccc(NC(=O)Nc2ncc(C)s2)cc1. The molecule has 19 heavy (non-hydrogen) atoms. The average molecular weight is 277 g/mol. The van der Waals surface area contributed by atoms with Gasteiger partial charge in [-0.3, -0.25) is 5.32 Å². The minimum absolute atomic E-state index is 0.307. The number of hydrogen-bond donors (Lipinski definition) is 2. The van der Waals surface area contributed by atoms with E-state index in [1.54, 1.807) is 18.3 Å². The van der Waals surface area contributed by atoms with Crippen molar-refractivity contribution < 1.29 is 9.53 Å². The molecule has 0 atom stereocenters. The Labute approximate surface area is 115 Å². The van der Waals surface area contributed by atoms with Crippen molar-refractivity contribution in [3.8, 4) is 5.75 Å². The molecule has 0 fully saturated rings.